The fraction of sp³-hybridized carbons (Fsp3) is 0.520. The number of methoxy groups -OCH3 is 1. The number of rotatable bonds is 6. The highest BCUT2D eigenvalue weighted by Crippen LogP contribution is 2.33. The van der Waals surface area contributed by atoms with Crippen molar-refractivity contribution in [3.8, 4) is 5.75 Å². The molecule has 1 aromatic heterocycles. The van der Waals surface area contributed by atoms with Gasteiger partial charge in [0, 0.05) is 19.2 Å². The molecule has 2 aliphatic rings. The van der Waals surface area contributed by atoms with E-state index in [1.807, 2.05) is 24.0 Å². The number of benzene rings is 1. The van der Waals surface area contributed by atoms with Crippen LogP contribution in [0.15, 0.2) is 30.5 Å². The van der Waals surface area contributed by atoms with E-state index in [1.54, 1.807) is 25.4 Å². The van der Waals surface area contributed by atoms with Gasteiger partial charge in [-0.15, -0.1) is 0 Å². The Balaban J connectivity index is 1.49. The molecule has 0 bridgehead atoms. The second-order valence-corrected chi connectivity index (χ2v) is 8.84. The summed E-state index contributed by atoms with van der Waals surface area (Å²) in [6.07, 6.45) is 9.95. The topological polar surface area (TPSA) is 84.4 Å². The van der Waals surface area contributed by atoms with Gasteiger partial charge in [-0.2, -0.15) is 0 Å². The number of piperidine rings is 1. The number of likely N-dealkylation sites (tertiary alicyclic amines) is 1. The number of hydrogen-bond acceptors (Lipinski definition) is 5. The number of aromatic nitrogens is 2. The predicted molar refractivity (Wildman–Crippen MR) is 123 cm³/mol. The molecule has 2 heterocycles. The van der Waals surface area contributed by atoms with Crippen LogP contribution in [0.1, 0.15) is 79.3 Å². The highest BCUT2D eigenvalue weighted by molar-refractivity contribution is 6.05. The van der Waals surface area contributed by atoms with Crippen LogP contribution >= 0.6 is 0 Å². The number of aryl methyl sites for hydroxylation is 1. The average Bonchev–Trinajstić information content (AvgIpc) is 3.32. The van der Waals surface area contributed by atoms with Crippen LogP contribution < -0.4 is 10.1 Å². The quantitative estimate of drug-likeness (QED) is 0.711. The largest absolute Gasteiger partial charge is 0.495 e. The molecule has 0 radical (unpaired) electrons. The van der Waals surface area contributed by atoms with Gasteiger partial charge >= 0.3 is 0 Å². The van der Waals surface area contributed by atoms with Crippen LogP contribution in [-0.4, -0.2) is 40.3 Å². The molecule has 2 fully saturated rings. The van der Waals surface area contributed by atoms with Gasteiger partial charge in [-0.3, -0.25) is 9.59 Å². The van der Waals surface area contributed by atoms with E-state index in [0.717, 1.165) is 38.6 Å². The fourth-order valence-corrected chi connectivity index (χ4v) is 4.88. The Labute approximate surface area is 189 Å². The van der Waals surface area contributed by atoms with Crippen molar-refractivity contribution in [2.45, 2.75) is 64.3 Å². The third kappa shape index (κ3) is 4.92. The Kier molecular flexibility index (Phi) is 7.02. The van der Waals surface area contributed by atoms with E-state index in [-0.39, 0.29) is 17.9 Å². The first kappa shape index (κ1) is 22.2. The zero-order valence-electron chi connectivity index (χ0n) is 19.0. The van der Waals surface area contributed by atoms with E-state index in [1.165, 1.54) is 12.8 Å². The fourth-order valence-electron chi connectivity index (χ4n) is 4.88. The number of para-hydroxylation sites is 2. The summed E-state index contributed by atoms with van der Waals surface area (Å²) in [6.45, 7) is 2.57. The molecule has 4 rings (SSSR count). The maximum absolute atomic E-state index is 13.1. The van der Waals surface area contributed by atoms with E-state index >= 15 is 0 Å². The molecular weight excluding hydrogens is 404 g/mol. The minimum Gasteiger partial charge on any atom is -0.495 e. The number of carbonyl (C=O) groups excluding carboxylic acids is 2. The summed E-state index contributed by atoms with van der Waals surface area (Å²) in [7, 11) is 1.57. The molecule has 2 aromatic rings. The van der Waals surface area contributed by atoms with Crippen LogP contribution in [0.5, 0.6) is 5.75 Å². The normalized spacial score (nSPS) is 19.1. The molecule has 1 aromatic carbocycles. The van der Waals surface area contributed by atoms with Crippen molar-refractivity contribution in [2.75, 3.05) is 19.0 Å². The molecule has 1 N–H and O–H groups in total. The Morgan fingerprint density at radius 1 is 1.12 bits per heavy atom. The lowest BCUT2D eigenvalue weighted by Crippen LogP contribution is -2.40. The Hall–Kier alpha value is -2.96. The number of nitrogens with one attached hydrogen (secondary N) is 1. The Bertz CT molecular complexity index is 971. The standard InChI is InChI=1S/C25H32N4O3/c1-17-19(25(31)28-20-11-5-6-13-22(20)32-2)16-26-24(27-17)21-12-7-8-14-29(21)23(30)15-18-9-3-4-10-18/h5-6,11,13,16,18,21H,3-4,7-10,12,14-15H2,1-2H3,(H,28,31)/t21-/m0/s1. The number of ether oxygens (including phenoxy) is 1. The van der Waals surface area contributed by atoms with Crippen LogP contribution in [0.2, 0.25) is 0 Å². The lowest BCUT2D eigenvalue weighted by molar-refractivity contribution is -0.136. The van der Waals surface area contributed by atoms with Gasteiger partial charge in [-0.05, 0) is 57.1 Å². The monoisotopic (exact) mass is 436 g/mol. The minimum absolute atomic E-state index is 0.109. The van der Waals surface area contributed by atoms with Crippen LogP contribution in [-0.2, 0) is 4.79 Å². The van der Waals surface area contributed by atoms with Gasteiger partial charge in [0.05, 0.1) is 30.1 Å². The first-order valence-electron chi connectivity index (χ1n) is 11.6. The molecule has 32 heavy (non-hydrogen) atoms. The number of hydrogen-bond donors (Lipinski definition) is 1. The zero-order valence-corrected chi connectivity index (χ0v) is 19.0. The van der Waals surface area contributed by atoms with E-state index in [0.29, 0.717) is 40.9 Å². The molecule has 1 aliphatic carbocycles. The maximum atomic E-state index is 13.1. The van der Waals surface area contributed by atoms with Gasteiger partial charge in [-0.25, -0.2) is 9.97 Å². The molecule has 0 unspecified atom stereocenters. The van der Waals surface area contributed by atoms with Crippen molar-refractivity contribution in [3.05, 3.63) is 47.5 Å². The average molecular weight is 437 g/mol. The van der Waals surface area contributed by atoms with Gasteiger partial charge in [0.2, 0.25) is 5.91 Å². The molecule has 170 valence electrons. The molecule has 1 saturated heterocycles. The first-order chi connectivity index (χ1) is 15.6. The first-order valence-corrected chi connectivity index (χ1v) is 11.6. The SMILES string of the molecule is COc1ccccc1NC(=O)c1cnc([C@@H]2CCCCN2C(=O)CC2CCCC2)nc1C. The van der Waals surface area contributed by atoms with Crippen molar-refractivity contribution in [3.63, 3.8) is 0 Å². The number of amides is 2. The highest BCUT2D eigenvalue weighted by atomic mass is 16.5. The maximum Gasteiger partial charge on any atom is 0.259 e. The predicted octanol–water partition coefficient (Wildman–Crippen LogP) is 4.68. The van der Waals surface area contributed by atoms with Crippen molar-refractivity contribution >= 4 is 17.5 Å². The van der Waals surface area contributed by atoms with E-state index < -0.39 is 0 Å². The number of nitrogens with zero attached hydrogens (tertiary/aromatic N) is 3. The number of carbonyl (C=O) groups is 2. The van der Waals surface area contributed by atoms with Crippen LogP contribution in [0.25, 0.3) is 0 Å². The third-order valence-corrected chi connectivity index (χ3v) is 6.66. The van der Waals surface area contributed by atoms with E-state index in [4.69, 9.17) is 4.74 Å². The summed E-state index contributed by atoms with van der Waals surface area (Å²) in [5.41, 5.74) is 1.62. The summed E-state index contributed by atoms with van der Waals surface area (Å²) in [5, 5.41) is 2.88. The van der Waals surface area contributed by atoms with Crippen molar-refractivity contribution in [1.82, 2.24) is 14.9 Å². The molecule has 2 amide bonds. The zero-order chi connectivity index (χ0) is 22.5. The van der Waals surface area contributed by atoms with Crippen LogP contribution in [0, 0.1) is 12.8 Å². The molecular formula is C25H32N4O3. The molecule has 0 spiro atoms. The van der Waals surface area contributed by atoms with Crippen molar-refractivity contribution < 1.29 is 14.3 Å². The smallest absolute Gasteiger partial charge is 0.259 e. The second-order valence-electron chi connectivity index (χ2n) is 8.84. The summed E-state index contributed by atoms with van der Waals surface area (Å²) in [4.78, 5) is 37.1. The van der Waals surface area contributed by atoms with Crippen LogP contribution in [0.3, 0.4) is 0 Å². The van der Waals surface area contributed by atoms with Gasteiger partial charge in [0.15, 0.2) is 5.82 Å². The summed E-state index contributed by atoms with van der Waals surface area (Å²) in [6, 6.07) is 7.16. The lowest BCUT2D eigenvalue weighted by Gasteiger charge is -2.35. The molecule has 1 saturated carbocycles. The van der Waals surface area contributed by atoms with Gasteiger partial charge < -0.3 is 15.0 Å². The van der Waals surface area contributed by atoms with Gasteiger partial charge in [-0.1, -0.05) is 25.0 Å². The van der Waals surface area contributed by atoms with Crippen molar-refractivity contribution in [1.29, 1.82) is 0 Å². The van der Waals surface area contributed by atoms with Gasteiger partial charge in [0.1, 0.15) is 5.75 Å². The van der Waals surface area contributed by atoms with Crippen LogP contribution in [0.4, 0.5) is 5.69 Å². The molecule has 1 aliphatic heterocycles. The summed E-state index contributed by atoms with van der Waals surface area (Å²) < 4.78 is 5.31. The molecule has 1 atom stereocenters. The lowest BCUT2D eigenvalue weighted by atomic mass is 9.97. The number of anilines is 1. The van der Waals surface area contributed by atoms with E-state index in [2.05, 4.69) is 15.3 Å². The molecule has 7 heteroatoms. The second kappa shape index (κ2) is 10.1. The third-order valence-electron chi connectivity index (χ3n) is 6.66. The summed E-state index contributed by atoms with van der Waals surface area (Å²) >= 11 is 0. The molecule has 7 nitrogen and oxygen atoms in total. The Morgan fingerprint density at radius 3 is 2.62 bits per heavy atom. The minimum atomic E-state index is -0.281. The van der Waals surface area contributed by atoms with E-state index in [9.17, 15) is 9.59 Å². The van der Waals surface area contributed by atoms with Gasteiger partial charge in [0.25, 0.3) is 5.91 Å². The summed E-state index contributed by atoms with van der Waals surface area (Å²) in [5.74, 6) is 1.69. The van der Waals surface area contributed by atoms with Crippen molar-refractivity contribution in [2.24, 2.45) is 5.92 Å². The Morgan fingerprint density at radius 2 is 1.88 bits per heavy atom. The highest BCUT2D eigenvalue weighted by Gasteiger charge is 2.32.